The number of allylic oxidation sites excluding steroid dienone is 1. The molecule has 0 saturated carbocycles. The molecule has 0 spiro atoms. The summed E-state index contributed by atoms with van der Waals surface area (Å²) in [6.45, 7) is 0. The van der Waals surface area contributed by atoms with E-state index in [2.05, 4.69) is 126 Å². The molecule has 0 saturated heterocycles. The van der Waals surface area contributed by atoms with Crippen molar-refractivity contribution in [1.29, 1.82) is 5.41 Å². The van der Waals surface area contributed by atoms with Crippen molar-refractivity contribution in [2.24, 2.45) is 0 Å². The van der Waals surface area contributed by atoms with E-state index in [0.717, 1.165) is 89.0 Å². The summed E-state index contributed by atoms with van der Waals surface area (Å²) in [5.41, 5.74) is 14.2. The van der Waals surface area contributed by atoms with E-state index in [9.17, 15) is 5.41 Å². The molecule has 1 aliphatic heterocycles. The van der Waals surface area contributed by atoms with Crippen LogP contribution in [-0.2, 0) is 0 Å². The lowest BCUT2D eigenvalue weighted by molar-refractivity contribution is 1.22. The number of aromatic nitrogens is 2. The minimum Gasteiger partial charge on any atom is -0.354 e. The summed E-state index contributed by atoms with van der Waals surface area (Å²) in [4.78, 5) is 9.78. The third kappa shape index (κ3) is 5.69. The Kier molecular flexibility index (Phi) is 7.60. The molecule has 4 heteroatoms. The lowest BCUT2D eigenvalue weighted by Crippen LogP contribution is -2.20. The number of rotatable bonds is 6. The Morgan fingerprint density at radius 1 is 0.510 bits per heavy atom. The van der Waals surface area contributed by atoms with Crippen molar-refractivity contribution in [2.45, 2.75) is 0 Å². The van der Waals surface area contributed by atoms with Crippen molar-refractivity contribution >= 4 is 50.6 Å². The Hall–Kier alpha value is -6.91. The Labute approximate surface area is 296 Å². The van der Waals surface area contributed by atoms with E-state index in [1.54, 1.807) is 0 Å². The lowest BCUT2D eigenvalue weighted by atomic mass is 9.86. The molecule has 240 valence electrons. The Morgan fingerprint density at radius 3 is 1.94 bits per heavy atom. The molecule has 1 aliphatic rings. The van der Waals surface area contributed by atoms with E-state index < -0.39 is 0 Å². The molecular formula is C47H32N4. The van der Waals surface area contributed by atoms with Gasteiger partial charge in [-0.2, -0.15) is 0 Å². The highest BCUT2D eigenvalue weighted by atomic mass is 14.9. The van der Waals surface area contributed by atoms with Crippen LogP contribution < -0.4 is 5.32 Å². The van der Waals surface area contributed by atoms with Gasteiger partial charge in [0.1, 0.15) is 0 Å². The van der Waals surface area contributed by atoms with Crippen LogP contribution in [0, 0.1) is 5.41 Å². The summed E-state index contributed by atoms with van der Waals surface area (Å²) >= 11 is 0. The molecular weight excluding hydrogens is 621 g/mol. The van der Waals surface area contributed by atoms with Gasteiger partial charge in [0.15, 0.2) is 0 Å². The van der Waals surface area contributed by atoms with Crippen molar-refractivity contribution in [3.63, 3.8) is 0 Å². The SMILES string of the molecule is N=C(/C(=C1\NC(c2ccccc2)=Cc2ccc(-c3cccc(-c4ccc5ccc6cccnc6c5n4)c3)cc21)c1ccccc1)c1ccccc1. The molecule has 0 amide bonds. The first-order chi connectivity index (χ1) is 25.2. The van der Waals surface area contributed by atoms with Crippen LogP contribution in [0.25, 0.3) is 67.2 Å². The van der Waals surface area contributed by atoms with Gasteiger partial charge >= 0.3 is 0 Å². The zero-order valence-corrected chi connectivity index (χ0v) is 27.7. The smallest absolute Gasteiger partial charge is 0.0972 e. The minimum atomic E-state index is 0.460. The normalized spacial score (nSPS) is 13.3. The average Bonchev–Trinajstić information content (AvgIpc) is 3.21. The second-order valence-electron chi connectivity index (χ2n) is 12.7. The molecule has 2 aromatic heterocycles. The fourth-order valence-corrected chi connectivity index (χ4v) is 6.95. The van der Waals surface area contributed by atoms with Gasteiger partial charge in [-0.15, -0.1) is 0 Å². The summed E-state index contributed by atoms with van der Waals surface area (Å²) < 4.78 is 0. The monoisotopic (exact) mass is 652 g/mol. The highest BCUT2D eigenvalue weighted by molar-refractivity contribution is 6.36. The summed E-state index contributed by atoms with van der Waals surface area (Å²) in [5.74, 6) is 0. The average molecular weight is 653 g/mol. The zero-order chi connectivity index (χ0) is 34.1. The third-order valence-corrected chi connectivity index (χ3v) is 9.52. The summed E-state index contributed by atoms with van der Waals surface area (Å²) in [7, 11) is 0. The van der Waals surface area contributed by atoms with Crippen LogP contribution in [0.2, 0.25) is 0 Å². The fraction of sp³-hybridized carbons (Fsp3) is 0. The molecule has 0 radical (unpaired) electrons. The number of hydrogen-bond acceptors (Lipinski definition) is 4. The van der Waals surface area contributed by atoms with E-state index in [-0.39, 0.29) is 0 Å². The first-order valence-electron chi connectivity index (χ1n) is 17.1. The van der Waals surface area contributed by atoms with Crippen LogP contribution in [0.1, 0.15) is 27.8 Å². The van der Waals surface area contributed by atoms with Crippen molar-refractivity contribution in [2.75, 3.05) is 0 Å². The van der Waals surface area contributed by atoms with Gasteiger partial charge in [-0.1, -0.05) is 146 Å². The van der Waals surface area contributed by atoms with Gasteiger partial charge in [0.25, 0.3) is 0 Å². The maximum Gasteiger partial charge on any atom is 0.0972 e. The van der Waals surface area contributed by atoms with Gasteiger partial charge in [-0.3, -0.25) is 10.4 Å². The van der Waals surface area contributed by atoms with Crippen molar-refractivity contribution in [3.05, 3.63) is 204 Å². The quantitative estimate of drug-likeness (QED) is 0.139. The number of hydrogen-bond donors (Lipinski definition) is 2. The van der Waals surface area contributed by atoms with Crippen LogP contribution in [0.5, 0.6) is 0 Å². The zero-order valence-electron chi connectivity index (χ0n) is 27.7. The fourth-order valence-electron chi connectivity index (χ4n) is 6.95. The second-order valence-corrected chi connectivity index (χ2v) is 12.7. The number of nitrogens with zero attached hydrogens (tertiary/aromatic N) is 2. The highest BCUT2D eigenvalue weighted by Gasteiger charge is 2.24. The van der Waals surface area contributed by atoms with E-state index in [1.165, 1.54) is 0 Å². The van der Waals surface area contributed by atoms with Crippen LogP contribution in [0.15, 0.2) is 176 Å². The highest BCUT2D eigenvalue weighted by Crippen LogP contribution is 2.39. The molecule has 51 heavy (non-hydrogen) atoms. The standard InChI is InChI=1S/C47H32N4/c48-44(33-16-8-3-9-17-33)43(32-14-6-2-7-15-32)47-40-29-37(23-24-38(40)30-42(51-47)31-12-4-1-5-13-31)36-18-10-19-39(28-36)41-26-25-35-22-21-34-20-11-27-49-45(34)46(35)50-41/h1-30,48,51H/b47-43-,48-44?. The maximum absolute atomic E-state index is 9.59. The Balaban J connectivity index is 1.21. The van der Waals surface area contributed by atoms with Gasteiger partial charge in [0.05, 0.1) is 28.1 Å². The molecule has 8 aromatic rings. The van der Waals surface area contributed by atoms with Gasteiger partial charge in [0, 0.05) is 44.9 Å². The van der Waals surface area contributed by atoms with Crippen LogP contribution in [-0.4, -0.2) is 15.7 Å². The first-order valence-corrected chi connectivity index (χ1v) is 17.1. The molecule has 0 fully saturated rings. The predicted molar refractivity (Wildman–Crippen MR) is 212 cm³/mol. The van der Waals surface area contributed by atoms with Crippen molar-refractivity contribution < 1.29 is 0 Å². The van der Waals surface area contributed by atoms with Crippen molar-refractivity contribution in [3.8, 4) is 22.4 Å². The van der Waals surface area contributed by atoms with Crippen LogP contribution in [0.4, 0.5) is 0 Å². The van der Waals surface area contributed by atoms with E-state index in [4.69, 9.17) is 4.98 Å². The van der Waals surface area contributed by atoms with Crippen molar-refractivity contribution in [1.82, 2.24) is 15.3 Å². The number of nitrogens with one attached hydrogen (secondary N) is 2. The molecule has 9 rings (SSSR count). The largest absolute Gasteiger partial charge is 0.354 e. The summed E-state index contributed by atoms with van der Waals surface area (Å²) in [6.07, 6.45) is 4.04. The topological polar surface area (TPSA) is 61.7 Å². The molecule has 0 bridgehead atoms. The summed E-state index contributed by atoms with van der Waals surface area (Å²) in [5, 5.41) is 15.5. The van der Waals surface area contributed by atoms with Gasteiger partial charge < -0.3 is 5.32 Å². The molecule has 4 nitrogen and oxygen atoms in total. The number of fused-ring (bicyclic) bond motifs is 4. The predicted octanol–water partition coefficient (Wildman–Crippen LogP) is 11.2. The van der Waals surface area contributed by atoms with Crippen LogP contribution >= 0.6 is 0 Å². The molecule has 0 aliphatic carbocycles. The second kappa shape index (κ2) is 12.8. The van der Waals surface area contributed by atoms with Gasteiger partial charge in [0.2, 0.25) is 0 Å². The molecule has 0 unspecified atom stereocenters. The Morgan fingerprint density at radius 2 is 1.16 bits per heavy atom. The van der Waals surface area contributed by atoms with Gasteiger partial charge in [-0.05, 0) is 58.2 Å². The molecule has 6 aromatic carbocycles. The Bertz CT molecular complexity index is 2660. The maximum atomic E-state index is 9.59. The van der Waals surface area contributed by atoms with Gasteiger partial charge in [-0.25, -0.2) is 4.98 Å². The lowest BCUT2D eigenvalue weighted by Gasteiger charge is -2.27. The van der Waals surface area contributed by atoms with Crippen LogP contribution in [0.3, 0.4) is 0 Å². The van der Waals surface area contributed by atoms with E-state index in [0.29, 0.717) is 5.71 Å². The summed E-state index contributed by atoms with van der Waals surface area (Å²) in [6, 6.07) is 58.3. The minimum absolute atomic E-state index is 0.460. The molecule has 0 atom stereocenters. The number of pyridine rings is 2. The first kappa shape index (κ1) is 30.2. The molecule has 2 N–H and O–H groups in total. The van der Waals surface area contributed by atoms with E-state index in [1.807, 2.05) is 66.9 Å². The third-order valence-electron chi connectivity index (χ3n) is 9.52. The number of benzene rings is 6. The van der Waals surface area contributed by atoms with E-state index >= 15 is 0 Å². The molecule has 3 heterocycles.